The number of aliphatic hydroxyl groups is 1. The van der Waals surface area contributed by atoms with Gasteiger partial charge in [0.15, 0.2) is 0 Å². The molecule has 3 aliphatic heterocycles. The molecule has 0 saturated carbocycles. The van der Waals surface area contributed by atoms with E-state index >= 15 is 0 Å². The molecular weight excluding hydrogens is 694 g/mol. The van der Waals surface area contributed by atoms with Gasteiger partial charge in [0.2, 0.25) is 17.7 Å². The number of amides is 3. The lowest BCUT2D eigenvalue weighted by Gasteiger charge is -2.42. The summed E-state index contributed by atoms with van der Waals surface area (Å²) in [5.41, 5.74) is -1.19. The van der Waals surface area contributed by atoms with Crippen molar-refractivity contribution in [3.63, 3.8) is 0 Å². The number of nitrogens with one attached hydrogen (secondary N) is 1. The van der Waals surface area contributed by atoms with Gasteiger partial charge >= 0.3 is 5.97 Å². The summed E-state index contributed by atoms with van der Waals surface area (Å²) >= 11 is 3.74. The third-order valence-corrected chi connectivity index (χ3v) is 10.6. The van der Waals surface area contributed by atoms with Gasteiger partial charge in [0, 0.05) is 43.6 Å². The Kier molecular flexibility index (Phi) is 13.3. The van der Waals surface area contributed by atoms with Gasteiger partial charge in [0.25, 0.3) is 0 Å². The highest BCUT2D eigenvalue weighted by atomic mass is 79.9. The van der Waals surface area contributed by atoms with E-state index < -0.39 is 53.2 Å². The molecule has 0 aromatic heterocycles. The fraction of sp³-hybridized carbons (Fsp3) is 0.622. The first-order valence-corrected chi connectivity index (χ1v) is 18.1. The number of carbonyl (C=O) groups is 4. The number of hydrogen-bond acceptors (Lipinski definition) is 8. The summed E-state index contributed by atoms with van der Waals surface area (Å²) in [5, 5.41) is 12.3. The van der Waals surface area contributed by atoms with E-state index in [-0.39, 0.29) is 55.3 Å². The van der Waals surface area contributed by atoms with Gasteiger partial charge < -0.3 is 34.4 Å². The lowest BCUT2D eigenvalue weighted by Crippen LogP contribution is -2.60. The topological polar surface area (TPSA) is 135 Å². The number of benzene rings is 1. The van der Waals surface area contributed by atoms with Crippen LogP contribution in [0.15, 0.2) is 55.6 Å². The van der Waals surface area contributed by atoms with Crippen LogP contribution in [-0.4, -0.2) is 106 Å². The summed E-state index contributed by atoms with van der Waals surface area (Å²) in [5.74, 6) is -3.41. The molecule has 12 heteroatoms. The van der Waals surface area contributed by atoms with E-state index in [2.05, 4.69) is 34.4 Å². The Balaban J connectivity index is 1.72. The van der Waals surface area contributed by atoms with Gasteiger partial charge in [0.05, 0.1) is 30.6 Å². The van der Waals surface area contributed by atoms with Gasteiger partial charge in [-0.3, -0.25) is 19.2 Å². The number of fused-ring (bicyclic) bond motifs is 1. The number of methoxy groups -OCH3 is 1. The highest BCUT2D eigenvalue weighted by Crippen LogP contribution is 2.60. The molecule has 0 aliphatic carbocycles. The van der Waals surface area contributed by atoms with Gasteiger partial charge in [-0.05, 0) is 58.4 Å². The zero-order chi connectivity index (χ0) is 35.9. The quantitative estimate of drug-likeness (QED) is 0.0994. The summed E-state index contributed by atoms with van der Waals surface area (Å²) in [6.07, 6.45) is 4.55. The van der Waals surface area contributed by atoms with E-state index in [0.29, 0.717) is 37.7 Å². The van der Waals surface area contributed by atoms with Crippen LogP contribution in [0.25, 0.3) is 0 Å². The van der Waals surface area contributed by atoms with E-state index in [1.807, 2.05) is 51.1 Å². The molecular formula is C37H52BrN3O8. The van der Waals surface area contributed by atoms with Crippen LogP contribution in [-0.2, 0) is 33.4 Å². The number of aliphatic hydroxyl groups excluding tert-OH is 1. The molecule has 2 bridgehead atoms. The van der Waals surface area contributed by atoms with Crippen LogP contribution >= 0.6 is 15.9 Å². The van der Waals surface area contributed by atoms with E-state index in [4.69, 9.17) is 14.2 Å². The van der Waals surface area contributed by atoms with Crippen molar-refractivity contribution in [2.24, 2.45) is 11.8 Å². The van der Waals surface area contributed by atoms with Crippen LogP contribution in [0, 0.1) is 11.8 Å². The minimum Gasteiger partial charge on any atom is -0.455 e. The van der Waals surface area contributed by atoms with Crippen LogP contribution in [0.1, 0.15) is 71.0 Å². The second-order valence-corrected chi connectivity index (χ2v) is 15.3. The number of carbonyl (C=O) groups excluding carboxylic acids is 4. The summed E-state index contributed by atoms with van der Waals surface area (Å²) in [4.78, 5) is 59.5. The molecule has 0 radical (unpaired) electrons. The van der Waals surface area contributed by atoms with Crippen molar-refractivity contribution in [3.8, 4) is 0 Å². The number of hydrogen-bond donors (Lipinski definition) is 2. The van der Waals surface area contributed by atoms with Gasteiger partial charge in [-0.1, -0.05) is 58.4 Å². The number of allylic oxidation sites excluding steroid dienone is 1. The molecule has 1 unspecified atom stereocenters. The maximum atomic E-state index is 14.6. The Morgan fingerprint density at radius 3 is 2.51 bits per heavy atom. The Bertz CT molecular complexity index is 1350. The fourth-order valence-electron chi connectivity index (χ4n) is 7.59. The first-order valence-electron chi connectivity index (χ1n) is 17.2. The number of alkyl halides is 1. The van der Waals surface area contributed by atoms with Gasteiger partial charge in [-0.25, -0.2) is 0 Å². The maximum Gasteiger partial charge on any atom is 0.313 e. The van der Waals surface area contributed by atoms with Crippen molar-refractivity contribution >= 4 is 39.6 Å². The first kappa shape index (κ1) is 38.7. The van der Waals surface area contributed by atoms with Crippen molar-refractivity contribution in [3.05, 3.63) is 61.2 Å². The molecule has 3 amide bonds. The Morgan fingerprint density at radius 2 is 1.90 bits per heavy atom. The highest BCUT2D eigenvalue weighted by Gasteiger charge is 2.77. The average molecular weight is 747 g/mol. The standard InChI is InChI=1S/C37H52BrN3O8/c1-7-9-18-27(43)39-26(23-47-6)30(24-16-12-10-13-17-24)48-35(46)28-29-33(44)40(20-14-11-15-21-42)32(37(29)22-25(38)31(28)49-37)34(45)41(19-8-2)36(3,4)5/h7-8,10,12-13,16-17,25-26,28-32,42H,1-2,9,11,14-15,18-23H2,3-6H3,(H,39,43)/t25?,26-,28+,29-,30-,31+,32+,37-/m1/s1. The fourth-order valence-corrected chi connectivity index (χ4v) is 8.53. The monoisotopic (exact) mass is 745 g/mol. The van der Waals surface area contributed by atoms with Gasteiger partial charge in [-0.15, -0.1) is 13.2 Å². The lowest BCUT2D eigenvalue weighted by molar-refractivity contribution is -0.163. The van der Waals surface area contributed by atoms with Crippen molar-refractivity contribution in [2.75, 3.05) is 33.4 Å². The van der Waals surface area contributed by atoms with E-state index in [0.717, 1.165) is 0 Å². The molecule has 3 saturated heterocycles. The molecule has 49 heavy (non-hydrogen) atoms. The van der Waals surface area contributed by atoms with Crippen LogP contribution in [0.5, 0.6) is 0 Å². The number of unbranched alkanes of at least 4 members (excludes halogenated alkanes) is 2. The molecule has 3 heterocycles. The van der Waals surface area contributed by atoms with Gasteiger partial charge in [-0.2, -0.15) is 0 Å². The van der Waals surface area contributed by atoms with Crippen molar-refractivity contribution < 1.29 is 38.5 Å². The third-order valence-electron chi connectivity index (χ3n) is 9.74. The number of esters is 1. The molecule has 3 fully saturated rings. The minimum atomic E-state index is -1.26. The Labute approximate surface area is 298 Å². The Hall–Kier alpha value is -3.06. The van der Waals surface area contributed by atoms with Crippen LogP contribution < -0.4 is 5.32 Å². The zero-order valence-corrected chi connectivity index (χ0v) is 30.7. The predicted molar refractivity (Wildman–Crippen MR) is 189 cm³/mol. The number of likely N-dealkylation sites (tertiary alicyclic amines) is 1. The summed E-state index contributed by atoms with van der Waals surface area (Å²) in [6, 6.07) is 7.42. The third kappa shape index (κ3) is 8.13. The van der Waals surface area contributed by atoms with E-state index in [1.165, 1.54) is 7.11 Å². The molecule has 11 nitrogen and oxygen atoms in total. The number of rotatable bonds is 18. The normalized spacial score (nSPS) is 26.9. The first-order chi connectivity index (χ1) is 23.4. The zero-order valence-electron chi connectivity index (χ0n) is 29.1. The predicted octanol–water partition coefficient (Wildman–Crippen LogP) is 4.09. The van der Waals surface area contributed by atoms with Crippen molar-refractivity contribution in [1.82, 2.24) is 15.1 Å². The maximum absolute atomic E-state index is 14.6. The number of ether oxygens (including phenoxy) is 3. The summed E-state index contributed by atoms with van der Waals surface area (Å²) in [7, 11) is 1.51. The summed E-state index contributed by atoms with van der Waals surface area (Å²) < 4.78 is 18.5. The van der Waals surface area contributed by atoms with Gasteiger partial charge in [0.1, 0.15) is 17.7 Å². The largest absolute Gasteiger partial charge is 0.455 e. The minimum absolute atomic E-state index is 0.0331. The molecule has 270 valence electrons. The van der Waals surface area contributed by atoms with Crippen LogP contribution in [0.3, 0.4) is 0 Å². The van der Waals surface area contributed by atoms with Crippen molar-refractivity contribution in [2.45, 2.75) is 99.6 Å². The lowest BCUT2D eigenvalue weighted by atomic mass is 9.70. The van der Waals surface area contributed by atoms with Crippen molar-refractivity contribution in [1.29, 1.82) is 0 Å². The SMILES string of the molecule is C=CCCC(=O)N[C@H](COC)[C@H](OC(=O)[C@@H]1[C@H]2O[C@@]3(CC2Br)[C@H](C(=O)N(CC=C)C(C)(C)C)N(CCCCCO)C(=O)[C@@H]13)c1ccccc1. The van der Waals surface area contributed by atoms with Crippen LogP contribution in [0.2, 0.25) is 0 Å². The number of halogens is 1. The smallest absolute Gasteiger partial charge is 0.313 e. The summed E-state index contributed by atoms with van der Waals surface area (Å²) in [6.45, 7) is 14.0. The Morgan fingerprint density at radius 1 is 1.18 bits per heavy atom. The average Bonchev–Trinajstić information content (AvgIpc) is 3.65. The number of nitrogens with zero attached hydrogens (tertiary/aromatic N) is 2. The molecule has 2 N–H and O–H groups in total. The molecule has 3 aliphatic rings. The molecule has 8 atom stereocenters. The van der Waals surface area contributed by atoms with E-state index in [9.17, 15) is 24.3 Å². The molecule has 4 rings (SSSR count). The second-order valence-electron chi connectivity index (χ2n) is 14.1. The highest BCUT2D eigenvalue weighted by molar-refractivity contribution is 9.09. The second kappa shape index (κ2) is 16.8. The molecule has 1 aromatic rings. The van der Waals surface area contributed by atoms with E-state index in [1.54, 1.807) is 22.0 Å². The van der Waals surface area contributed by atoms with Crippen LogP contribution in [0.4, 0.5) is 0 Å². The molecule has 1 spiro atoms. The molecule has 1 aromatic carbocycles.